The van der Waals surface area contributed by atoms with Gasteiger partial charge in [-0.05, 0) is 31.4 Å². The van der Waals surface area contributed by atoms with Crippen molar-refractivity contribution >= 4 is 33.6 Å². The molecule has 0 aromatic heterocycles. The number of thioether (sulfide) groups is 1. The Hall–Kier alpha value is 0.300. The summed E-state index contributed by atoms with van der Waals surface area (Å²) in [6.07, 6.45) is 5.59. The molecule has 0 radical (unpaired) electrons. The summed E-state index contributed by atoms with van der Waals surface area (Å²) in [6.45, 7) is 2.13. The van der Waals surface area contributed by atoms with E-state index in [1.54, 1.807) is 0 Å². The molecule has 0 bridgehead atoms. The lowest BCUT2D eigenvalue weighted by Crippen LogP contribution is -2.41. The van der Waals surface area contributed by atoms with E-state index in [2.05, 4.69) is 28.2 Å². The highest BCUT2D eigenvalue weighted by Crippen LogP contribution is 2.25. The number of hydrogen-bond donors (Lipinski definition) is 1. The number of carbonyl (C=O) groups is 1. The largest absolute Gasteiger partial charge is 0.352 e. The Morgan fingerprint density at radius 3 is 2.93 bits per heavy atom. The van der Waals surface area contributed by atoms with Gasteiger partial charge in [0.2, 0.25) is 5.91 Å². The molecule has 15 heavy (non-hydrogen) atoms. The summed E-state index contributed by atoms with van der Waals surface area (Å²) in [6, 6.07) is 0.347. The summed E-state index contributed by atoms with van der Waals surface area (Å²) in [4.78, 5) is 11.9. The molecule has 0 aliphatic carbocycles. The summed E-state index contributed by atoms with van der Waals surface area (Å²) < 4.78 is 0. The minimum absolute atomic E-state index is 0.211. The lowest BCUT2D eigenvalue weighted by molar-refractivity contribution is -0.121. The van der Waals surface area contributed by atoms with Gasteiger partial charge < -0.3 is 5.32 Å². The third kappa shape index (κ3) is 4.77. The number of rotatable bonds is 5. The van der Waals surface area contributed by atoms with Crippen LogP contribution in [0.5, 0.6) is 0 Å². The molecule has 4 heteroatoms. The highest BCUT2D eigenvalue weighted by Gasteiger charge is 2.23. The topological polar surface area (TPSA) is 29.1 Å². The lowest BCUT2D eigenvalue weighted by Gasteiger charge is -2.23. The van der Waals surface area contributed by atoms with E-state index in [-0.39, 0.29) is 11.2 Å². The third-order valence-electron chi connectivity index (χ3n) is 2.77. The van der Waals surface area contributed by atoms with Crippen LogP contribution in [0.4, 0.5) is 0 Å². The number of nitrogens with one attached hydrogen (secondary N) is 1. The molecule has 0 saturated carbocycles. The van der Waals surface area contributed by atoms with Crippen molar-refractivity contribution in [3.05, 3.63) is 0 Å². The second-order valence-electron chi connectivity index (χ2n) is 3.95. The molecule has 1 aliphatic heterocycles. The van der Waals surface area contributed by atoms with Gasteiger partial charge in [-0.15, -0.1) is 11.8 Å². The number of halogens is 1. The predicted octanol–water partition coefficient (Wildman–Crippen LogP) is 2.95. The maximum Gasteiger partial charge on any atom is 0.233 e. The van der Waals surface area contributed by atoms with Crippen LogP contribution in [0.15, 0.2) is 0 Å². The van der Waals surface area contributed by atoms with Crippen LogP contribution >= 0.6 is 27.7 Å². The van der Waals surface area contributed by atoms with E-state index in [9.17, 15) is 4.79 Å². The fourth-order valence-electron chi connectivity index (χ4n) is 1.75. The molecule has 1 aliphatic rings. The highest BCUT2D eigenvalue weighted by molar-refractivity contribution is 9.09. The fraction of sp³-hybridized carbons (Fsp3) is 0.909. The summed E-state index contributed by atoms with van der Waals surface area (Å²) in [7, 11) is 0. The van der Waals surface area contributed by atoms with Crippen LogP contribution in [0.2, 0.25) is 0 Å². The Morgan fingerprint density at radius 1 is 1.60 bits per heavy atom. The van der Waals surface area contributed by atoms with Crippen LogP contribution in [0, 0.1) is 0 Å². The van der Waals surface area contributed by atoms with Crippen molar-refractivity contribution in [2.45, 2.75) is 50.3 Å². The minimum atomic E-state index is 0.211. The van der Waals surface area contributed by atoms with E-state index < -0.39 is 0 Å². The smallest absolute Gasteiger partial charge is 0.233 e. The van der Waals surface area contributed by atoms with Crippen molar-refractivity contribution in [3.63, 3.8) is 0 Å². The van der Waals surface area contributed by atoms with Crippen LogP contribution in [-0.4, -0.2) is 28.3 Å². The summed E-state index contributed by atoms with van der Waals surface area (Å²) in [5, 5.41) is 4.32. The second kappa shape index (κ2) is 7.55. The molecule has 1 amide bonds. The van der Waals surface area contributed by atoms with Crippen molar-refractivity contribution in [1.82, 2.24) is 5.32 Å². The molecular weight excluding hydrogens is 274 g/mol. The van der Waals surface area contributed by atoms with Gasteiger partial charge in [-0.3, -0.25) is 4.79 Å². The lowest BCUT2D eigenvalue weighted by atomic mass is 10.1. The molecule has 0 aromatic rings. The average Bonchev–Trinajstić information content (AvgIpc) is 2.29. The summed E-state index contributed by atoms with van der Waals surface area (Å²) >= 11 is 5.24. The van der Waals surface area contributed by atoms with Crippen molar-refractivity contribution in [1.29, 1.82) is 0 Å². The number of alkyl halides is 1. The molecule has 88 valence electrons. The van der Waals surface area contributed by atoms with Gasteiger partial charge in [-0.1, -0.05) is 29.3 Å². The van der Waals surface area contributed by atoms with Crippen molar-refractivity contribution in [2.24, 2.45) is 0 Å². The zero-order chi connectivity index (χ0) is 11.1. The molecule has 0 spiro atoms. The molecule has 1 N–H and O–H groups in total. The molecule has 1 heterocycles. The first kappa shape index (κ1) is 13.4. The van der Waals surface area contributed by atoms with E-state index in [1.807, 2.05) is 11.8 Å². The van der Waals surface area contributed by atoms with Crippen molar-refractivity contribution < 1.29 is 4.79 Å². The second-order valence-corrected chi connectivity index (χ2v) is 6.05. The van der Waals surface area contributed by atoms with Crippen molar-refractivity contribution in [3.8, 4) is 0 Å². The van der Waals surface area contributed by atoms with E-state index in [4.69, 9.17) is 0 Å². The Bertz CT molecular complexity index is 195. The van der Waals surface area contributed by atoms with Gasteiger partial charge in [-0.25, -0.2) is 0 Å². The van der Waals surface area contributed by atoms with Crippen LogP contribution in [0.3, 0.4) is 0 Å². The Kier molecular flexibility index (Phi) is 6.73. The van der Waals surface area contributed by atoms with Gasteiger partial charge >= 0.3 is 0 Å². The molecule has 1 rings (SSSR count). The molecule has 1 fully saturated rings. The Morgan fingerprint density at radius 2 is 2.40 bits per heavy atom. The minimum Gasteiger partial charge on any atom is -0.352 e. The molecule has 2 nitrogen and oxygen atoms in total. The Balaban J connectivity index is 2.31. The van der Waals surface area contributed by atoms with Gasteiger partial charge in [0.15, 0.2) is 0 Å². The van der Waals surface area contributed by atoms with Crippen molar-refractivity contribution in [2.75, 3.05) is 11.1 Å². The SMILES string of the molecule is CCC(CCBr)NC(=O)C1CCCCS1. The number of hydrogen-bond acceptors (Lipinski definition) is 2. The first-order chi connectivity index (χ1) is 7.27. The van der Waals surface area contributed by atoms with Crippen LogP contribution < -0.4 is 5.32 Å². The third-order valence-corrected chi connectivity index (χ3v) is 4.60. The van der Waals surface area contributed by atoms with E-state index in [1.165, 1.54) is 12.8 Å². The predicted molar refractivity (Wildman–Crippen MR) is 70.7 cm³/mol. The van der Waals surface area contributed by atoms with Gasteiger partial charge in [0.1, 0.15) is 0 Å². The zero-order valence-corrected chi connectivity index (χ0v) is 11.7. The van der Waals surface area contributed by atoms with Gasteiger partial charge in [0.25, 0.3) is 0 Å². The first-order valence-corrected chi connectivity index (χ1v) is 7.93. The van der Waals surface area contributed by atoms with E-state index >= 15 is 0 Å². The molecule has 2 atom stereocenters. The Labute approximate surface area is 105 Å². The van der Waals surface area contributed by atoms with Gasteiger partial charge in [0, 0.05) is 11.4 Å². The van der Waals surface area contributed by atoms with Crippen LogP contribution in [0.1, 0.15) is 39.0 Å². The van der Waals surface area contributed by atoms with Crippen LogP contribution in [-0.2, 0) is 4.79 Å². The highest BCUT2D eigenvalue weighted by atomic mass is 79.9. The molecule has 1 saturated heterocycles. The van der Waals surface area contributed by atoms with E-state index in [0.717, 1.165) is 30.3 Å². The normalized spacial score (nSPS) is 23.5. The molecular formula is C11H20BrNOS. The fourth-order valence-corrected chi connectivity index (χ4v) is 3.51. The maximum atomic E-state index is 11.9. The number of amides is 1. The van der Waals surface area contributed by atoms with Gasteiger partial charge in [0.05, 0.1) is 5.25 Å². The average molecular weight is 294 g/mol. The standard InChI is InChI=1S/C11H20BrNOS/c1-2-9(6-7-12)13-11(14)10-5-3-4-8-15-10/h9-10H,2-8H2,1H3,(H,13,14). The van der Waals surface area contributed by atoms with E-state index in [0.29, 0.717) is 6.04 Å². The first-order valence-electron chi connectivity index (χ1n) is 5.75. The molecule has 2 unspecified atom stereocenters. The van der Waals surface area contributed by atoms with Crippen LogP contribution in [0.25, 0.3) is 0 Å². The maximum absolute atomic E-state index is 11.9. The van der Waals surface area contributed by atoms with Gasteiger partial charge in [-0.2, -0.15) is 0 Å². The molecule has 0 aromatic carbocycles. The zero-order valence-electron chi connectivity index (χ0n) is 9.30. The summed E-state index contributed by atoms with van der Waals surface area (Å²) in [5.74, 6) is 1.40. The quantitative estimate of drug-likeness (QED) is 0.790. The monoisotopic (exact) mass is 293 g/mol. The number of carbonyl (C=O) groups excluding carboxylic acids is 1. The summed E-state index contributed by atoms with van der Waals surface area (Å²) in [5.41, 5.74) is 0.